The van der Waals surface area contributed by atoms with Crippen molar-refractivity contribution < 1.29 is 4.74 Å². The highest BCUT2D eigenvalue weighted by Crippen LogP contribution is 2.15. The van der Waals surface area contributed by atoms with Gasteiger partial charge >= 0.3 is 0 Å². The van der Waals surface area contributed by atoms with Gasteiger partial charge in [-0.1, -0.05) is 0 Å². The summed E-state index contributed by atoms with van der Waals surface area (Å²) < 4.78 is 7.01. The van der Waals surface area contributed by atoms with Gasteiger partial charge in [0.2, 0.25) is 5.88 Å². The monoisotopic (exact) mass is 155 g/mol. The van der Waals surface area contributed by atoms with E-state index in [1.165, 1.54) is 0 Å². The van der Waals surface area contributed by atoms with Gasteiger partial charge in [-0.2, -0.15) is 5.10 Å². The first-order valence-electron chi connectivity index (χ1n) is 3.63. The molecule has 1 aromatic heterocycles. The summed E-state index contributed by atoms with van der Waals surface area (Å²) in [5, 5.41) is 4.02. The van der Waals surface area contributed by atoms with E-state index in [-0.39, 0.29) is 0 Å². The van der Waals surface area contributed by atoms with Gasteiger partial charge in [-0.15, -0.1) is 0 Å². The SMILES string of the molecule is CCOc1c(CN)cnn1C. The summed E-state index contributed by atoms with van der Waals surface area (Å²) in [5.74, 6) is 0.773. The number of aryl methyl sites for hydroxylation is 1. The van der Waals surface area contributed by atoms with Crippen LogP contribution in [0.25, 0.3) is 0 Å². The lowest BCUT2D eigenvalue weighted by Crippen LogP contribution is -2.03. The van der Waals surface area contributed by atoms with E-state index in [1.54, 1.807) is 10.9 Å². The van der Waals surface area contributed by atoms with Crippen LogP contribution in [0.4, 0.5) is 0 Å². The first-order chi connectivity index (χ1) is 5.29. The average Bonchev–Trinajstić information content (AvgIpc) is 2.34. The molecule has 0 atom stereocenters. The largest absolute Gasteiger partial charge is 0.478 e. The zero-order valence-electron chi connectivity index (χ0n) is 6.87. The van der Waals surface area contributed by atoms with Crippen LogP contribution in [0.15, 0.2) is 6.20 Å². The fraction of sp³-hybridized carbons (Fsp3) is 0.571. The fourth-order valence-electron chi connectivity index (χ4n) is 0.935. The summed E-state index contributed by atoms with van der Waals surface area (Å²) in [6.45, 7) is 3.06. The summed E-state index contributed by atoms with van der Waals surface area (Å²) in [7, 11) is 1.84. The molecule has 0 aliphatic carbocycles. The second-order valence-corrected chi connectivity index (χ2v) is 2.24. The second kappa shape index (κ2) is 3.39. The number of rotatable bonds is 3. The minimum absolute atomic E-state index is 0.475. The van der Waals surface area contributed by atoms with Gasteiger partial charge in [-0.25, -0.2) is 4.68 Å². The van der Waals surface area contributed by atoms with E-state index in [2.05, 4.69) is 5.10 Å². The lowest BCUT2D eigenvalue weighted by atomic mass is 10.3. The molecule has 0 radical (unpaired) electrons. The van der Waals surface area contributed by atoms with Crippen LogP contribution in [0.1, 0.15) is 12.5 Å². The molecule has 0 aliphatic rings. The third-order valence-electron chi connectivity index (χ3n) is 1.46. The molecular formula is C7H13N3O. The molecule has 0 saturated heterocycles. The summed E-state index contributed by atoms with van der Waals surface area (Å²) in [6, 6.07) is 0. The Morgan fingerprint density at radius 1 is 1.73 bits per heavy atom. The number of hydrogen-bond acceptors (Lipinski definition) is 3. The molecule has 0 aromatic carbocycles. The zero-order valence-corrected chi connectivity index (χ0v) is 6.87. The molecule has 11 heavy (non-hydrogen) atoms. The normalized spacial score (nSPS) is 10.1. The molecule has 1 heterocycles. The Kier molecular flexibility index (Phi) is 2.48. The fourth-order valence-corrected chi connectivity index (χ4v) is 0.935. The molecule has 0 aliphatic heterocycles. The van der Waals surface area contributed by atoms with Gasteiger partial charge in [0.1, 0.15) is 0 Å². The molecule has 4 nitrogen and oxygen atoms in total. The highest BCUT2D eigenvalue weighted by Gasteiger charge is 2.06. The Labute approximate surface area is 66.0 Å². The third-order valence-corrected chi connectivity index (χ3v) is 1.46. The highest BCUT2D eigenvalue weighted by molar-refractivity contribution is 5.23. The van der Waals surface area contributed by atoms with Gasteiger partial charge in [0.05, 0.1) is 12.8 Å². The maximum absolute atomic E-state index is 5.46. The lowest BCUT2D eigenvalue weighted by molar-refractivity contribution is 0.306. The highest BCUT2D eigenvalue weighted by atomic mass is 16.5. The molecule has 0 fully saturated rings. The van der Waals surface area contributed by atoms with E-state index >= 15 is 0 Å². The molecule has 0 bridgehead atoms. The van der Waals surface area contributed by atoms with E-state index in [0.717, 1.165) is 11.4 Å². The van der Waals surface area contributed by atoms with Crippen LogP contribution in [0, 0.1) is 0 Å². The number of hydrogen-bond donors (Lipinski definition) is 1. The maximum atomic E-state index is 5.46. The topological polar surface area (TPSA) is 53.1 Å². The Bertz CT molecular complexity index is 232. The maximum Gasteiger partial charge on any atom is 0.216 e. The van der Waals surface area contributed by atoms with E-state index < -0.39 is 0 Å². The van der Waals surface area contributed by atoms with Crippen molar-refractivity contribution in [3.8, 4) is 5.88 Å². The third kappa shape index (κ3) is 1.51. The molecule has 62 valence electrons. The predicted octanol–water partition coefficient (Wildman–Crippen LogP) is 0.277. The van der Waals surface area contributed by atoms with E-state index in [0.29, 0.717) is 13.2 Å². The molecule has 0 saturated carbocycles. The van der Waals surface area contributed by atoms with Gasteiger partial charge in [0.15, 0.2) is 0 Å². The minimum Gasteiger partial charge on any atom is -0.478 e. The summed E-state index contributed by atoms with van der Waals surface area (Å²) in [4.78, 5) is 0. The Hall–Kier alpha value is -1.03. The summed E-state index contributed by atoms with van der Waals surface area (Å²) in [6.07, 6.45) is 1.73. The van der Waals surface area contributed by atoms with Crippen molar-refractivity contribution in [3.63, 3.8) is 0 Å². The van der Waals surface area contributed by atoms with Crippen molar-refractivity contribution >= 4 is 0 Å². The number of nitrogens with zero attached hydrogens (tertiary/aromatic N) is 2. The molecule has 1 rings (SSSR count). The van der Waals surface area contributed by atoms with Crippen LogP contribution in [0.2, 0.25) is 0 Å². The first kappa shape index (κ1) is 8.07. The second-order valence-electron chi connectivity index (χ2n) is 2.24. The first-order valence-corrected chi connectivity index (χ1v) is 3.63. The van der Waals surface area contributed by atoms with Gasteiger partial charge in [0, 0.05) is 19.2 Å². The van der Waals surface area contributed by atoms with Crippen LogP contribution in [0.5, 0.6) is 5.88 Å². The Morgan fingerprint density at radius 2 is 2.45 bits per heavy atom. The lowest BCUT2D eigenvalue weighted by Gasteiger charge is -2.04. The van der Waals surface area contributed by atoms with E-state index in [4.69, 9.17) is 10.5 Å². The summed E-state index contributed by atoms with van der Waals surface area (Å²) in [5.41, 5.74) is 6.41. The molecule has 0 unspecified atom stereocenters. The van der Waals surface area contributed by atoms with Crippen molar-refractivity contribution in [2.24, 2.45) is 12.8 Å². The van der Waals surface area contributed by atoms with Crippen LogP contribution in [0.3, 0.4) is 0 Å². The smallest absolute Gasteiger partial charge is 0.216 e. The summed E-state index contributed by atoms with van der Waals surface area (Å²) >= 11 is 0. The van der Waals surface area contributed by atoms with Crippen molar-refractivity contribution in [1.29, 1.82) is 0 Å². The van der Waals surface area contributed by atoms with Crippen LogP contribution in [-0.2, 0) is 13.6 Å². The van der Waals surface area contributed by atoms with Gasteiger partial charge in [-0.05, 0) is 6.92 Å². The predicted molar refractivity (Wildman–Crippen MR) is 42.3 cm³/mol. The average molecular weight is 155 g/mol. The number of nitrogens with two attached hydrogens (primary N) is 1. The van der Waals surface area contributed by atoms with Crippen LogP contribution < -0.4 is 10.5 Å². The Balaban J connectivity index is 2.88. The van der Waals surface area contributed by atoms with Crippen molar-refractivity contribution in [2.45, 2.75) is 13.5 Å². The molecule has 0 amide bonds. The van der Waals surface area contributed by atoms with E-state index in [1.807, 2.05) is 14.0 Å². The molecular weight excluding hydrogens is 142 g/mol. The quantitative estimate of drug-likeness (QED) is 0.682. The standard InChI is InChI=1S/C7H13N3O/c1-3-11-7-6(4-8)5-9-10(7)2/h5H,3-4,8H2,1-2H3. The zero-order chi connectivity index (χ0) is 8.27. The van der Waals surface area contributed by atoms with Crippen molar-refractivity contribution in [2.75, 3.05) is 6.61 Å². The molecule has 1 aromatic rings. The molecule has 4 heteroatoms. The number of ether oxygens (including phenoxy) is 1. The van der Waals surface area contributed by atoms with Crippen molar-refractivity contribution in [1.82, 2.24) is 9.78 Å². The number of aromatic nitrogens is 2. The van der Waals surface area contributed by atoms with Crippen LogP contribution >= 0.6 is 0 Å². The van der Waals surface area contributed by atoms with Crippen molar-refractivity contribution in [3.05, 3.63) is 11.8 Å². The van der Waals surface area contributed by atoms with Gasteiger partial charge in [-0.3, -0.25) is 0 Å². The van der Waals surface area contributed by atoms with Gasteiger partial charge < -0.3 is 10.5 Å². The van der Waals surface area contributed by atoms with E-state index in [9.17, 15) is 0 Å². The Morgan fingerprint density at radius 3 is 3.00 bits per heavy atom. The molecule has 0 spiro atoms. The van der Waals surface area contributed by atoms with Crippen LogP contribution in [-0.4, -0.2) is 16.4 Å². The van der Waals surface area contributed by atoms with Gasteiger partial charge in [0.25, 0.3) is 0 Å². The molecule has 2 N–H and O–H groups in total. The minimum atomic E-state index is 0.475.